The zero-order valence-corrected chi connectivity index (χ0v) is 17.0. The Kier molecular flexibility index (Phi) is 6.79. The highest BCUT2D eigenvalue weighted by atomic mass is 16.5. The van der Waals surface area contributed by atoms with Gasteiger partial charge in [0.25, 0.3) is 0 Å². The van der Waals surface area contributed by atoms with Gasteiger partial charge in [-0.15, -0.1) is 0 Å². The lowest BCUT2D eigenvalue weighted by atomic mass is 10.1. The fourth-order valence-electron chi connectivity index (χ4n) is 3.00. The number of esters is 1. The van der Waals surface area contributed by atoms with Crippen LogP contribution in [0.2, 0.25) is 0 Å². The third-order valence-corrected chi connectivity index (χ3v) is 4.45. The summed E-state index contributed by atoms with van der Waals surface area (Å²) in [5.74, 6) is 1.07. The topological polar surface area (TPSA) is 67.3 Å². The molecule has 0 aliphatic heterocycles. The molecule has 0 aliphatic rings. The van der Waals surface area contributed by atoms with Crippen LogP contribution in [0.25, 0.3) is 0 Å². The Bertz CT molecular complexity index is 944. The van der Waals surface area contributed by atoms with Crippen LogP contribution in [0.3, 0.4) is 0 Å². The quantitative estimate of drug-likeness (QED) is 0.557. The maximum Gasteiger partial charge on any atom is 0.340 e. The van der Waals surface area contributed by atoms with Crippen molar-refractivity contribution in [2.24, 2.45) is 0 Å². The number of aromatic nitrogens is 2. The standard InChI is InChI=1S/C23H26N4O2/c1-4-29-23(28)19-12-8-9-13-20(19)26-21-14-22(25-16-24-21)27(17(2)3)15-18-10-6-5-7-11-18/h5-14,16-17H,4,15H2,1-3H3,(H,24,25,26). The summed E-state index contributed by atoms with van der Waals surface area (Å²) in [4.78, 5) is 23.2. The summed E-state index contributed by atoms with van der Waals surface area (Å²) in [7, 11) is 0. The van der Waals surface area contributed by atoms with Crippen LogP contribution in [-0.4, -0.2) is 28.6 Å². The molecule has 0 amide bonds. The second-order valence-corrected chi connectivity index (χ2v) is 6.86. The first-order chi connectivity index (χ1) is 14.1. The summed E-state index contributed by atoms with van der Waals surface area (Å²) in [5, 5.41) is 3.23. The number of ether oxygens (including phenoxy) is 1. The molecule has 3 rings (SSSR count). The minimum Gasteiger partial charge on any atom is -0.462 e. The van der Waals surface area contributed by atoms with Crippen molar-refractivity contribution in [1.82, 2.24) is 9.97 Å². The molecule has 0 fully saturated rings. The van der Waals surface area contributed by atoms with Gasteiger partial charge in [-0.2, -0.15) is 0 Å². The first-order valence-corrected chi connectivity index (χ1v) is 9.74. The number of nitrogens with one attached hydrogen (secondary N) is 1. The highest BCUT2D eigenvalue weighted by Gasteiger charge is 2.15. The Labute approximate surface area is 171 Å². The van der Waals surface area contributed by atoms with Crippen LogP contribution < -0.4 is 10.2 Å². The average molecular weight is 390 g/mol. The first-order valence-electron chi connectivity index (χ1n) is 9.74. The zero-order chi connectivity index (χ0) is 20.6. The number of anilines is 3. The van der Waals surface area contributed by atoms with Crippen molar-refractivity contribution in [2.45, 2.75) is 33.4 Å². The van der Waals surface area contributed by atoms with Crippen LogP contribution >= 0.6 is 0 Å². The molecule has 0 atom stereocenters. The highest BCUT2D eigenvalue weighted by Crippen LogP contribution is 2.24. The van der Waals surface area contributed by atoms with Gasteiger partial charge in [-0.05, 0) is 38.5 Å². The number of para-hydroxylation sites is 1. The molecule has 1 N–H and O–H groups in total. The number of benzene rings is 2. The zero-order valence-electron chi connectivity index (χ0n) is 17.0. The van der Waals surface area contributed by atoms with Crippen molar-refractivity contribution in [2.75, 3.05) is 16.8 Å². The van der Waals surface area contributed by atoms with Gasteiger partial charge in [-0.3, -0.25) is 0 Å². The second kappa shape index (κ2) is 9.68. The lowest BCUT2D eigenvalue weighted by Crippen LogP contribution is -2.31. The molecule has 29 heavy (non-hydrogen) atoms. The summed E-state index contributed by atoms with van der Waals surface area (Å²) in [5.41, 5.74) is 2.33. The molecule has 1 aromatic heterocycles. The molecule has 6 nitrogen and oxygen atoms in total. The summed E-state index contributed by atoms with van der Waals surface area (Å²) >= 11 is 0. The Morgan fingerprint density at radius 2 is 1.79 bits per heavy atom. The first kappa shape index (κ1) is 20.3. The molecule has 0 spiro atoms. The molecule has 1 heterocycles. The summed E-state index contributed by atoms with van der Waals surface area (Å²) in [6, 6.07) is 19.7. The van der Waals surface area contributed by atoms with E-state index in [1.165, 1.54) is 11.9 Å². The fourth-order valence-corrected chi connectivity index (χ4v) is 3.00. The Morgan fingerprint density at radius 3 is 2.52 bits per heavy atom. The van der Waals surface area contributed by atoms with Gasteiger partial charge >= 0.3 is 5.97 Å². The summed E-state index contributed by atoms with van der Waals surface area (Å²) in [6.45, 7) is 7.13. The lowest BCUT2D eigenvalue weighted by molar-refractivity contribution is 0.0527. The van der Waals surface area contributed by atoms with Crippen LogP contribution in [0.15, 0.2) is 67.0 Å². The number of hydrogen-bond acceptors (Lipinski definition) is 6. The molecule has 2 aromatic carbocycles. The predicted molar refractivity (Wildman–Crippen MR) is 115 cm³/mol. The van der Waals surface area contributed by atoms with Gasteiger partial charge in [0, 0.05) is 18.7 Å². The van der Waals surface area contributed by atoms with Crippen LogP contribution in [0.1, 0.15) is 36.7 Å². The van der Waals surface area contributed by atoms with Crippen LogP contribution in [-0.2, 0) is 11.3 Å². The van der Waals surface area contributed by atoms with E-state index in [9.17, 15) is 4.79 Å². The third kappa shape index (κ3) is 5.31. The van der Waals surface area contributed by atoms with E-state index in [1.807, 2.05) is 42.5 Å². The van der Waals surface area contributed by atoms with Crippen LogP contribution in [0.4, 0.5) is 17.3 Å². The Balaban J connectivity index is 1.85. The van der Waals surface area contributed by atoms with E-state index >= 15 is 0 Å². The minimum atomic E-state index is -0.363. The highest BCUT2D eigenvalue weighted by molar-refractivity contribution is 5.96. The van der Waals surface area contributed by atoms with E-state index in [0.717, 1.165) is 12.4 Å². The number of carbonyl (C=O) groups is 1. The van der Waals surface area contributed by atoms with Gasteiger partial charge in [0.2, 0.25) is 0 Å². The monoisotopic (exact) mass is 390 g/mol. The maximum absolute atomic E-state index is 12.2. The summed E-state index contributed by atoms with van der Waals surface area (Å²) < 4.78 is 5.15. The minimum absolute atomic E-state index is 0.254. The maximum atomic E-state index is 12.2. The van der Waals surface area contributed by atoms with E-state index in [1.54, 1.807) is 13.0 Å². The molecule has 150 valence electrons. The SMILES string of the molecule is CCOC(=O)c1ccccc1Nc1cc(N(Cc2ccccc2)C(C)C)ncn1. The Morgan fingerprint density at radius 1 is 1.07 bits per heavy atom. The van der Waals surface area contributed by atoms with E-state index in [4.69, 9.17) is 4.74 Å². The van der Waals surface area contributed by atoms with Gasteiger partial charge in [-0.25, -0.2) is 14.8 Å². The van der Waals surface area contributed by atoms with Crippen molar-refractivity contribution in [1.29, 1.82) is 0 Å². The van der Waals surface area contributed by atoms with Gasteiger partial charge in [-0.1, -0.05) is 42.5 Å². The van der Waals surface area contributed by atoms with Crippen molar-refractivity contribution in [3.05, 3.63) is 78.1 Å². The molecule has 0 aliphatic carbocycles. The van der Waals surface area contributed by atoms with Gasteiger partial charge in [0.05, 0.1) is 17.9 Å². The number of nitrogens with zero attached hydrogens (tertiary/aromatic N) is 3. The van der Waals surface area contributed by atoms with Crippen molar-refractivity contribution in [3.63, 3.8) is 0 Å². The van der Waals surface area contributed by atoms with Crippen molar-refractivity contribution < 1.29 is 9.53 Å². The van der Waals surface area contributed by atoms with Crippen molar-refractivity contribution >= 4 is 23.3 Å². The lowest BCUT2D eigenvalue weighted by Gasteiger charge is -2.28. The molecule has 0 saturated heterocycles. The fraction of sp³-hybridized carbons (Fsp3) is 0.261. The molecule has 0 bridgehead atoms. The third-order valence-electron chi connectivity index (χ3n) is 4.45. The molecule has 3 aromatic rings. The molecule has 0 radical (unpaired) electrons. The average Bonchev–Trinajstić information content (AvgIpc) is 2.73. The van der Waals surface area contributed by atoms with Gasteiger partial charge in [0.1, 0.15) is 18.0 Å². The predicted octanol–water partition coefficient (Wildman–Crippen LogP) is 4.81. The number of rotatable bonds is 8. The van der Waals surface area contributed by atoms with E-state index in [2.05, 4.69) is 46.2 Å². The van der Waals surface area contributed by atoms with E-state index in [-0.39, 0.29) is 12.0 Å². The van der Waals surface area contributed by atoms with Crippen molar-refractivity contribution in [3.8, 4) is 0 Å². The summed E-state index contributed by atoms with van der Waals surface area (Å²) in [6.07, 6.45) is 1.53. The van der Waals surface area contributed by atoms with Gasteiger partial charge < -0.3 is 15.0 Å². The van der Waals surface area contributed by atoms with Crippen LogP contribution in [0, 0.1) is 0 Å². The molecular weight excluding hydrogens is 364 g/mol. The normalized spacial score (nSPS) is 10.6. The van der Waals surface area contributed by atoms with Gasteiger partial charge in [0.15, 0.2) is 0 Å². The molecule has 0 saturated carbocycles. The molecular formula is C23H26N4O2. The molecule has 0 unspecified atom stereocenters. The molecule has 6 heteroatoms. The second-order valence-electron chi connectivity index (χ2n) is 6.86. The van der Waals surface area contributed by atoms with E-state index in [0.29, 0.717) is 23.7 Å². The number of hydrogen-bond donors (Lipinski definition) is 1. The van der Waals surface area contributed by atoms with E-state index < -0.39 is 0 Å². The number of carbonyl (C=O) groups excluding carboxylic acids is 1. The smallest absolute Gasteiger partial charge is 0.340 e. The Hall–Kier alpha value is -3.41. The largest absolute Gasteiger partial charge is 0.462 e. The van der Waals surface area contributed by atoms with Crippen LogP contribution in [0.5, 0.6) is 0 Å².